The van der Waals surface area contributed by atoms with Gasteiger partial charge < -0.3 is 5.11 Å². The van der Waals surface area contributed by atoms with E-state index in [0.717, 1.165) is 47.8 Å². The summed E-state index contributed by atoms with van der Waals surface area (Å²) in [5.41, 5.74) is 0.602. The van der Waals surface area contributed by atoms with Crippen molar-refractivity contribution in [1.82, 2.24) is 0 Å². The molecule has 0 aromatic carbocycles. The molecule has 27 heavy (non-hydrogen) atoms. The standard InChI is InChI=1S/C26H46O/c1-17(2)7-5-8-18(3)22-13-14-23-20-12-11-19-9-6-10-24(27)25(19)21(20)15-16-26(22,23)4/h17-25,27H,5-16H2,1-4H3/t18-,19?,20-,21+,22-,23+,24?,25-,26-/m1/s1. The zero-order chi connectivity index (χ0) is 19.2. The van der Waals surface area contributed by atoms with E-state index in [-0.39, 0.29) is 6.10 Å². The Labute approximate surface area is 169 Å². The van der Waals surface area contributed by atoms with Crippen molar-refractivity contribution in [2.24, 2.45) is 52.8 Å². The minimum absolute atomic E-state index is 0.0214. The highest BCUT2D eigenvalue weighted by atomic mass is 16.3. The lowest BCUT2D eigenvalue weighted by atomic mass is 9.49. The van der Waals surface area contributed by atoms with Crippen LogP contribution in [-0.2, 0) is 0 Å². The minimum atomic E-state index is 0.0214. The summed E-state index contributed by atoms with van der Waals surface area (Å²) >= 11 is 0. The Hall–Kier alpha value is -0.0400. The van der Waals surface area contributed by atoms with Gasteiger partial charge in [0.1, 0.15) is 0 Å². The van der Waals surface area contributed by atoms with Gasteiger partial charge in [-0.1, -0.05) is 53.4 Å². The second kappa shape index (κ2) is 8.00. The molecular weight excluding hydrogens is 328 g/mol. The Morgan fingerprint density at radius 1 is 0.889 bits per heavy atom. The van der Waals surface area contributed by atoms with E-state index in [2.05, 4.69) is 27.7 Å². The number of rotatable bonds is 5. The summed E-state index contributed by atoms with van der Waals surface area (Å²) in [5.74, 6) is 6.99. The van der Waals surface area contributed by atoms with Crippen molar-refractivity contribution in [3.05, 3.63) is 0 Å². The average molecular weight is 375 g/mol. The number of hydrogen-bond donors (Lipinski definition) is 1. The van der Waals surface area contributed by atoms with Crippen LogP contribution in [0.5, 0.6) is 0 Å². The lowest BCUT2D eigenvalue weighted by Crippen LogP contribution is -2.51. The van der Waals surface area contributed by atoms with Crippen LogP contribution in [0.15, 0.2) is 0 Å². The average Bonchev–Trinajstić information content (AvgIpc) is 2.98. The number of fused-ring (bicyclic) bond motifs is 5. The molecule has 0 aromatic heterocycles. The van der Waals surface area contributed by atoms with Crippen LogP contribution >= 0.6 is 0 Å². The minimum Gasteiger partial charge on any atom is -0.393 e. The normalized spacial score (nSPS) is 48.0. The molecule has 0 aromatic rings. The molecule has 156 valence electrons. The summed E-state index contributed by atoms with van der Waals surface area (Å²) < 4.78 is 0. The quantitative estimate of drug-likeness (QED) is 0.545. The molecule has 0 saturated heterocycles. The summed E-state index contributed by atoms with van der Waals surface area (Å²) in [7, 11) is 0. The van der Waals surface area contributed by atoms with E-state index in [1.54, 1.807) is 0 Å². The van der Waals surface area contributed by atoms with Crippen LogP contribution in [0.3, 0.4) is 0 Å². The molecule has 9 atom stereocenters. The first-order valence-corrected chi connectivity index (χ1v) is 12.6. The lowest BCUT2D eigenvalue weighted by molar-refractivity contribution is -0.107. The van der Waals surface area contributed by atoms with Crippen molar-refractivity contribution in [2.45, 2.75) is 111 Å². The fourth-order valence-corrected chi connectivity index (χ4v) is 8.90. The van der Waals surface area contributed by atoms with E-state index in [9.17, 15) is 5.11 Å². The molecule has 4 rings (SSSR count). The van der Waals surface area contributed by atoms with Crippen LogP contribution in [0, 0.1) is 52.8 Å². The number of hydrogen-bond acceptors (Lipinski definition) is 1. The molecular formula is C26H46O. The smallest absolute Gasteiger partial charge is 0.0573 e. The molecule has 0 aliphatic heterocycles. The van der Waals surface area contributed by atoms with Crippen molar-refractivity contribution in [1.29, 1.82) is 0 Å². The van der Waals surface area contributed by atoms with Crippen LogP contribution in [0.2, 0.25) is 0 Å². The van der Waals surface area contributed by atoms with Gasteiger partial charge >= 0.3 is 0 Å². The van der Waals surface area contributed by atoms with Gasteiger partial charge in [0.15, 0.2) is 0 Å². The summed E-state index contributed by atoms with van der Waals surface area (Å²) in [6, 6.07) is 0. The van der Waals surface area contributed by atoms with Gasteiger partial charge in [0.25, 0.3) is 0 Å². The Balaban J connectivity index is 1.45. The molecule has 1 nitrogen and oxygen atoms in total. The highest BCUT2D eigenvalue weighted by Crippen LogP contribution is 2.65. The second-order valence-corrected chi connectivity index (χ2v) is 11.9. The predicted molar refractivity (Wildman–Crippen MR) is 114 cm³/mol. The molecule has 4 saturated carbocycles. The topological polar surface area (TPSA) is 20.2 Å². The highest BCUT2D eigenvalue weighted by Gasteiger charge is 2.58. The first kappa shape index (κ1) is 20.2. The third-order valence-electron chi connectivity index (χ3n) is 10.1. The lowest BCUT2D eigenvalue weighted by Gasteiger charge is -2.57. The summed E-state index contributed by atoms with van der Waals surface area (Å²) in [6.07, 6.45) is 16.8. The molecule has 0 heterocycles. The summed E-state index contributed by atoms with van der Waals surface area (Å²) in [6.45, 7) is 10.0. The zero-order valence-electron chi connectivity index (χ0n) is 18.6. The maximum absolute atomic E-state index is 10.8. The maximum Gasteiger partial charge on any atom is 0.0573 e. The molecule has 0 spiro atoms. The monoisotopic (exact) mass is 374 g/mol. The third-order valence-corrected chi connectivity index (χ3v) is 10.1. The van der Waals surface area contributed by atoms with Gasteiger partial charge in [-0.3, -0.25) is 0 Å². The van der Waals surface area contributed by atoms with Gasteiger partial charge in [-0.15, -0.1) is 0 Å². The second-order valence-electron chi connectivity index (χ2n) is 11.9. The largest absolute Gasteiger partial charge is 0.393 e. The van der Waals surface area contributed by atoms with E-state index in [1.165, 1.54) is 70.6 Å². The van der Waals surface area contributed by atoms with Gasteiger partial charge in [-0.25, -0.2) is 0 Å². The van der Waals surface area contributed by atoms with Crippen molar-refractivity contribution < 1.29 is 5.11 Å². The van der Waals surface area contributed by atoms with E-state index < -0.39 is 0 Å². The number of aliphatic hydroxyl groups is 1. The molecule has 0 bridgehead atoms. The Morgan fingerprint density at radius 3 is 2.48 bits per heavy atom. The van der Waals surface area contributed by atoms with Crippen LogP contribution in [0.25, 0.3) is 0 Å². The molecule has 0 radical (unpaired) electrons. The van der Waals surface area contributed by atoms with E-state index in [4.69, 9.17) is 0 Å². The highest BCUT2D eigenvalue weighted by molar-refractivity contribution is 5.07. The molecule has 0 amide bonds. The first-order chi connectivity index (χ1) is 12.9. The summed E-state index contributed by atoms with van der Waals surface area (Å²) in [4.78, 5) is 0. The van der Waals surface area contributed by atoms with Crippen molar-refractivity contribution >= 4 is 0 Å². The molecule has 1 N–H and O–H groups in total. The van der Waals surface area contributed by atoms with Crippen molar-refractivity contribution in [2.75, 3.05) is 0 Å². The van der Waals surface area contributed by atoms with Crippen molar-refractivity contribution in [3.63, 3.8) is 0 Å². The van der Waals surface area contributed by atoms with Gasteiger partial charge in [0.05, 0.1) is 6.10 Å². The van der Waals surface area contributed by atoms with Crippen LogP contribution in [0.1, 0.15) is 105 Å². The third kappa shape index (κ3) is 3.64. The SMILES string of the molecule is CC(C)CCC[C@@H](C)[C@H]1CC[C@H]2[C@@H]3CCC4CCCC(O)[C@H]4[C@H]3CC[C@]12C. The van der Waals surface area contributed by atoms with Gasteiger partial charge in [0, 0.05) is 0 Å². The van der Waals surface area contributed by atoms with Gasteiger partial charge in [-0.2, -0.15) is 0 Å². The molecule has 2 unspecified atom stereocenters. The zero-order valence-corrected chi connectivity index (χ0v) is 18.6. The van der Waals surface area contributed by atoms with Crippen LogP contribution < -0.4 is 0 Å². The number of aliphatic hydroxyl groups excluding tert-OH is 1. The predicted octanol–water partition coefficient (Wildman–Crippen LogP) is 7.08. The van der Waals surface area contributed by atoms with E-state index in [1.807, 2.05) is 0 Å². The maximum atomic E-state index is 10.8. The molecule has 4 aliphatic rings. The van der Waals surface area contributed by atoms with E-state index >= 15 is 0 Å². The van der Waals surface area contributed by atoms with E-state index in [0.29, 0.717) is 11.3 Å². The van der Waals surface area contributed by atoms with Crippen LogP contribution in [0.4, 0.5) is 0 Å². The fourth-order valence-electron chi connectivity index (χ4n) is 8.90. The Morgan fingerprint density at radius 2 is 1.70 bits per heavy atom. The van der Waals surface area contributed by atoms with Crippen molar-refractivity contribution in [3.8, 4) is 0 Å². The summed E-state index contributed by atoms with van der Waals surface area (Å²) in [5, 5.41) is 10.8. The van der Waals surface area contributed by atoms with Gasteiger partial charge in [0.2, 0.25) is 0 Å². The molecule has 4 fully saturated rings. The first-order valence-electron chi connectivity index (χ1n) is 12.6. The fraction of sp³-hybridized carbons (Fsp3) is 1.00. The molecule has 4 aliphatic carbocycles. The van der Waals surface area contributed by atoms with Gasteiger partial charge in [-0.05, 0) is 104 Å². The Bertz CT molecular complexity index is 498. The Kier molecular flexibility index (Phi) is 6.00. The molecule has 1 heteroatoms. The van der Waals surface area contributed by atoms with Crippen LogP contribution in [-0.4, -0.2) is 11.2 Å².